The van der Waals surface area contributed by atoms with E-state index in [0.29, 0.717) is 36.8 Å². The fraction of sp³-hybridized carbons (Fsp3) is 0.333. The second-order valence-corrected chi connectivity index (χ2v) is 10.6. The van der Waals surface area contributed by atoms with E-state index < -0.39 is 11.4 Å². The van der Waals surface area contributed by atoms with Gasteiger partial charge in [0.1, 0.15) is 22.7 Å². The Hall–Kier alpha value is -3.84. The first-order valence-electron chi connectivity index (χ1n) is 12.4. The van der Waals surface area contributed by atoms with Crippen molar-refractivity contribution in [3.8, 4) is 28.3 Å². The third-order valence-electron chi connectivity index (χ3n) is 6.98. The Morgan fingerprint density at radius 1 is 1.11 bits per heavy atom. The monoisotopic (exact) mass is 501 g/mol. The average molecular weight is 502 g/mol. The second kappa shape index (κ2) is 9.56. The molecular formula is C30H31NO6. The lowest BCUT2D eigenvalue weighted by Gasteiger charge is -2.39. The van der Waals surface area contributed by atoms with E-state index in [4.69, 9.17) is 13.9 Å². The van der Waals surface area contributed by atoms with Crippen molar-refractivity contribution in [2.24, 2.45) is 5.41 Å². The largest absolute Gasteiger partial charge is 0.493 e. The second-order valence-electron chi connectivity index (χ2n) is 10.6. The van der Waals surface area contributed by atoms with Crippen LogP contribution in [0.25, 0.3) is 33.6 Å². The molecular weight excluding hydrogens is 470 g/mol. The number of ether oxygens (including phenoxy) is 2. The van der Waals surface area contributed by atoms with E-state index >= 15 is 0 Å². The molecule has 0 fully saturated rings. The molecule has 3 heterocycles. The summed E-state index contributed by atoms with van der Waals surface area (Å²) in [5.74, 6) is 0.154. The molecule has 0 amide bonds. The third kappa shape index (κ3) is 4.67. The van der Waals surface area contributed by atoms with Crippen LogP contribution >= 0.6 is 0 Å². The van der Waals surface area contributed by atoms with Gasteiger partial charge in [0.2, 0.25) is 0 Å². The highest BCUT2D eigenvalue weighted by Gasteiger charge is 2.34. The SMILES string of the molecule is COCCCOc1cc2c(cc1-c1cc3ccccc3o1)-c1cc(=O)c(C(=O)O)cn1C(C(C)(C)C)C2. The maximum Gasteiger partial charge on any atom is 0.341 e. The number of hydrogen-bond donors (Lipinski definition) is 1. The maximum absolute atomic E-state index is 12.8. The van der Waals surface area contributed by atoms with E-state index in [0.717, 1.165) is 34.1 Å². The highest BCUT2D eigenvalue weighted by molar-refractivity contribution is 5.89. The molecule has 0 spiro atoms. The van der Waals surface area contributed by atoms with Gasteiger partial charge < -0.3 is 23.6 Å². The standard InChI is InChI=1S/C30H31NO6/c1-30(2,3)28-14-19-13-26(36-11-7-10-35-4)21(27-12-18-8-5-6-9-25(18)37-27)15-20(19)23-16-24(32)22(29(33)34)17-31(23)28/h5-6,8-9,12-13,15-17,28H,7,10-11,14H2,1-4H3,(H,33,34). The zero-order chi connectivity index (χ0) is 26.3. The number of rotatable bonds is 7. The number of carboxylic acids is 1. The van der Waals surface area contributed by atoms with Crippen molar-refractivity contribution in [3.05, 3.63) is 76.1 Å². The van der Waals surface area contributed by atoms with Gasteiger partial charge in [-0.2, -0.15) is 0 Å². The Kier molecular flexibility index (Phi) is 6.42. The summed E-state index contributed by atoms with van der Waals surface area (Å²) >= 11 is 0. The molecule has 1 unspecified atom stereocenters. The molecule has 2 aromatic heterocycles. The molecule has 37 heavy (non-hydrogen) atoms. The molecule has 0 aliphatic carbocycles. The zero-order valence-corrected chi connectivity index (χ0v) is 21.5. The molecule has 2 aromatic carbocycles. The minimum absolute atomic E-state index is 0.0490. The molecule has 1 aliphatic heterocycles. The molecule has 4 aromatic rings. The van der Waals surface area contributed by atoms with Gasteiger partial charge >= 0.3 is 5.97 Å². The van der Waals surface area contributed by atoms with Crippen molar-refractivity contribution in [2.45, 2.75) is 39.7 Å². The Balaban J connectivity index is 1.71. The van der Waals surface area contributed by atoms with Crippen LogP contribution in [0.15, 0.2) is 63.9 Å². The van der Waals surface area contributed by atoms with Crippen LogP contribution in [-0.4, -0.2) is 36.0 Å². The number of fused-ring (bicyclic) bond motifs is 4. The fourth-order valence-electron chi connectivity index (χ4n) is 5.06. The van der Waals surface area contributed by atoms with Crippen molar-refractivity contribution in [1.82, 2.24) is 4.57 Å². The van der Waals surface area contributed by atoms with Crippen LogP contribution in [0.5, 0.6) is 5.75 Å². The summed E-state index contributed by atoms with van der Waals surface area (Å²) in [6.07, 6.45) is 2.91. The average Bonchev–Trinajstić information content (AvgIpc) is 3.28. The van der Waals surface area contributed by atoms with Crippen LogP contribution in [0.1, 0.15) is 49.2 Å². The van der Waals surface area contributed by atoms with Gasteiger partial charge in [-0.05, 0) is 41.7 Å². The third-order valence-corrected chi connectivity index (χ3v) is 6.98. The summed E-state index contributed by atoms with van der Waals surface area (Å²) < 4.78 is 19.6. The van der Waals surface area contributed by atoms with Gasteiger partial charge in [0, 0.05) is 49.4 Å². The molecule has 7 nitrogen and oxygen atoms in total. The fourth-order valence-corrected chi connectivity index (χ4v) is 5.06. The normalized spacial score (nSPS) is 14.9. The number of aromatic nitrogens is 1. The van der Waals surface area contributed by atoms with Gasteiger partial charge in [-0.25, -0.2) is 4.79 Å². The smallest absolute Gasteiger partial charge is 0.341 e. The van der Waals surface area contributed by atoms with E-state index in [1.54, 1.807) is 7.11 Å². The molecule has 192 valence electrons. The lowest BCUT2D eigenvalue weighted by molar-refractivity contribution is 0.0693. The van der Waals surface area contributed by atoms with E-state index in [2.05, 4.69) is 20.8 Å². The van der Waals surface area contributed by atoms with E-state index in [9.17, 15) is 14.7 Å². The Morgan fingerprint density at radius 3 is 2.59 bits per heavy atom. The molecule has 1 N–H and O–H groups in total. The first kappa shape index (κ1) is 24.8. The van der Waals surface area contributed by atoms with Gasteiger partial charge in [0.25, 0.3) is 0 Å². The number of hydrogen-bond acceptors (Lipinski definition) is 5. The maximum atomic E-state index is 12.8. The van der Waals surface area contributed by atoms with E-state index in [1.807, 2.05) is 47.0 Å². The molecule has 0 bridgehead atoms. The van der Waals surface area contributed by atoms with Gasteiger partial charge in [0.15, 0.2) is 5.43 Å². The number of benzene rings is 2. The topological polar surface area (TPSA) is 90.9 Å². The molecule has 1 aliphatic rings. The van der Waals surface area contributed by atoms with Gasteiger partial charge in [-0.1, -0.05) is 39.0 Å². The number of carboxylic acid groups (broad SMARTS) is 1. The molecule has 7 heteroatoms. The molecule has 0 radical (unpaired) electrons. The molecule has 5 rings (SSSR count). The van der Waals surface area contributed by atoms with Crippen molar-refractivity contribution < 1.29 is 23.8 Å². The van der Waals surface area contributed by atoms with Gasteiger partial charge in [-0.3, -0.25) is 4.79 Å². The molecule has 1 atom stereocenters. The first-order valence-corrected chi connectivity index (χ1v) is 12.4. The molecule has 0 saturated carbocycles. The summed E-state index contributed by atoms with van der Waals surface area (Å²) in [4.78, 5) is 24.6. The number of pyridine rings is 1. The number of furan rings is 1. The van der Waals surface area contributed by atoms with Crippen LogP contribution in [-0.2, 0) is 11.2 Å². The Morgan fingerprint density at radius 2 is 1.89 bits per heavy atom. The first-order chi connectivity index (χ1) is 17.7. The Labute approximate surface area is 215 Å². The quantitative estimate of drug-likeness (QED) is 0.304. The van der Waals surface area contributed by atoms with Crippen molar-refractivity contribution in [1.29, 1.82) is 0 Å². The Bertz CT molecular complexity index is 1510. The van der Waals surface area contributed by atoms with Gasteiger partial charge in [-0.15, -0.1) is 0 Å². The summed E-state index contributed by atoms with van der Waals surface area (Å²) in [5, 5.41) is 10.6. The minimum Gasteiger partial charge on any atom is -0.493 e. The van der Waals surface area contributed by atoms with Crippen LogP contribution in [0.2, 0.25) is 0 Å². The van der Waals surface area contributed by atoms with Crippen molar-refractivity contribution >= 4 is 16.9 Å². The summed E-state index contributed by atoms with van der Waals surface area (Å²) in [6, 6.07) is 15.2. The van der Waals surface area contributed by atoms with Crippen molar-refractivity contribution in [2.75, 3.05) is 20.3 Å². The number of carbonyl (C=O) groups is 1. The number of para-hydroxylation sites is 1. The predicted molar refractivity (Wildman–Crippen MR) is 142 cm³/mol. The highest BCUT2D eigenvalue weighted by Crippen LogP contribution is 2.46. The lowest BCUT2D eigenvalue weighted by Crippen LogP contribution is -2.32. The number of methoxy groups -OCH3 is 1. The van der Waals surface area contributed by atoms with Crippen molar-refractivity contribution in [3.63, 3.8) is 0 Å². The van der Waals surface area contributed by atoms with Crippen LogP contribution < -0.4 is 10.2 Å². The summed E-state index contributed by atoms with van der Waals surface area (Å²) in [6.45, 7) is 7.45. The van der Waals surface area contributed by atoms with Gasteiger partial charge in [0.05, 0.1) is 17.9 Å². The predicted octanol–water partition coefficient (Wildman–Crippen LogP) is 6.19. The zero-order valence-electron chi connectivity index (χ0n) is 21.5. The van der Waals surface area contributed by atoms with Crippen LogP contribution in [0.3, 0.4) is 0 Å². The number of aromatic carboxylic acids is 1. The lowest BCUT2D eigenvalue weighted by atomic mass is 9.78. The van der Waals surface area contributed by atoms with Crippen LogP contribution in [0, 0.1) is 5.41 Å². The summed E-state index contributed by atoms with van der Waals surface area (Å²) in [5.41, 5.74) is 3.24. The number of nitrogens with zero attached hydrogens (tertiary/aromatic N) is 1. The highest BCUT2D eigenvalue weighted by atomic mass is 16.5. The molecule has 0 saturated heterocycles. The van der Waals surface area contributed by atoms with E-state index in [-0.39, 0.29) is 17.0 Å². The summed E-state index contributed by atoms with van der Waals surface area (Å²) in [7, 11) is 1.67. The van der Waals surface area contributed by atoms with Crippen LogP contribution in [0.4, 0.5) is 0 Å². The minimum atomic E-state index is -1.22. The van der Waals surface area contributed by atoms with E-state index in [1.165, 1.54) is 12.3 Å².